The average molecular weight is 276 g/mol. The second kappa shape index (κ2) is 6.49. The van der Waals surface area contributed by atoms with Crippen LogP contribution in [0.1, 0.15) is 16.7 Å². The topological polar surface area (TPSA) is 58.2 Å². The van der Waals surface area contributed by atoms with Gasteiger partial charge in [0.05, 0.1) is 5.75 Å². The number of aryl methyl sites for hydroxylation is 1. The summed E-state index contributed by atoms with van der Waals surface area (Å²) in [6.45, 7) is 4.42. The van der Waals surface area contributed by atoms with Gasteiger partial charge < -0.3 is 5.32 Å². The molecule has 98 valence electrons. The van der Waals surface area contributed by atoms with Gasteiger partial charge in [-0.2, -0.15) is 0 Å². The first-order valence-electron chi connectivity index (χ1n) is 5.63. The number of rotatable bonds is 7. The fourth-order valence-corrected chi connectivity index (χ4v) is 3.85. The highest BCUT2D eigenvalue weighted by atomic mass is 32.2. The molecule has 6 heteroatoms. The van der Waals surface area contributed by atoms with Crippen molar-refractivity contribution >= 4 is 21.4 Å². The zero-order chi connectivity index (χ0) is 12.9. The highest BCUT2D eigenvalue weighted by molar-refractivity contribution is 7.89. The van der Waals surface area contributed by atoms with Crippen LogP contribution in [0, 0.1) is 6.92 Å². The van der Waals surface area contributed by atoms with Crippen LogP contribution >= 0.6 is 11.3 Å². The molecule has 0 aromatic carbocycles. The first kappa shape index (κ1) is 14.6. The molecule has 0 amide bonds. The molecule has 1 atom stereocenters. The Labute approximate surface area is 107 Å². The fraction of sp³-hybridized carbons (Fsp3) is 0.636. The van der Waals surface area contributed by atoms with Crippen LogP contribution in [0.15, 0.2) is 12.1 Å². The van der Waals surface area contributed by atoms with Crippen molar-refractivity contribution in [3.05, 3.63) is 21.9 Å². The van der Waals surface area contributed by atoms with Crippen molar-refractivity contribution in [1.29, 1.82) is 0 Å². The molecular formula is C11H20N2O2S2. The zero-order valence-electron chi connectivity index (χ0n) is 10.5. The van der Waals surface area contributed by atoms with Gasteiger partial charge in [-0.15, -0.1) is 11.3 Å². The fourth-order valence-electron chi connectivity index (χ4n) is 1.54. The minimum atomic E-state index is -3.16. The molecule has 1 aromatic heterocycles. The normalized spacial score (nSPS) is 13.8. The molecular weight excluding hydrogens is 256 g/mol. The number of thiophene rings is 1. The molecule has 1 rings (SSSR count). The molecule has 0 spiro atoms. The predicted molar refractivity (Wildman–Crippen MR) is 73.1 cm³/mol. The number of hydrogen-bond donors (Lipinski definition) is 2. The summed E-state index contributed by atoms with van der Waals surface area (Å²) < 4.78 is 26.0. The van der Waals surface area contributed by atoms with Gasteiger partial charge in [0.25, 0.3) is 0 Å². The monoisotopic (exact) mass is 276 g/mol. The number of hydrogen-bond acceptors (Lipinski definition) is 4. The molecule has 0 aliphatic carbocycles. The van der Waals surface area contributed by atoms with E-state index in [1.807, 2.05) is 6.92 Å². The van der Waals surface area contributed by atoms with Crippen LogP contribution in [0.2, 0.25) is 0 Å². The van der Waals surface area contributed by atoms with Crippen LogP contribution in [-0.4, -0.2) is 33.8 Å². The summed E-state index contributed by atoms with van der Waals surface area (Å²) >= 11 is 1.71. The van der Waals surface area contributed by atoms with E-state index in [1.165, 1.54) is 9.75 Å². The highest BCUT2D eigenvalue weighted by Gasteiger charge is 2.14. The Balaban J connectivity index is 2.46. The number of nitrogens with one attached hydrogen (secondary N) is 2. The van der Waals surface area contributed by atoms with Gasteiger partial charge in [-0.1, -0.05) is 0 Å². The summed E-state index contributed by atoms with van der Waals surface area (Å²) in [5.41, 5.74) is 0. The third-order valence-corrected chi connectivity index (χ3v) is 4.83. The van der Waals surface area contributed by atoms with E-state index >= 15 is 0 Å². The summed E-state index contributed by atoms with van der Waals surface area (Å²) in [7, 11) is -1.42. The van der Waals surface area contributed by atoms with Crippen molar-refractivity contribution < 1.29 is 8.42 Å². The molecule has 4 nitrogen and oxygen atoms in total. The van der Waals surface area contributed by atoms with Crippen LogP contribution in [-0.2, 0) is 16.4 Å². The minimum absolute atomic E-state index is 0.0603. The van der Waals surface area contributed by atoms with Gasteiger partial charge in [0.2, 0.25) is 10.0 Å². The van der Waals surface area contributed by atoms with E-state index < -0.39 is 10.0 Å². The molecule has 0 fully saturated rings. The Hall–Kier alpha value is -0.430. The van der Waals surface area contributed by atoms with Gasteiger partial charge in [0.15, 0.2) is 0 Å². The molecule has 0 saturated heterocycles. The summed E-state index contributed by atoms with van der Waals surface area (Å²) in [5, 5.41) is 2.83. The van der Waals surface area contributed by atoms with Crippen molar-refractivity contribution in [2.45, 2.75) is 26.3 Å². The van der Waals surface area contributed by atoms with E-state index in [2.05, 4.69) is 29.1 Å². The van der Waals surface area contributed by atoms with Crippen molar-refractivity contribution in [2.75, 3.05) is 19.3 Å². The van der Waals surface area contributed by atoms with Gasteiger partial charge in [-0.25, -0.2) is 13.1 Å². The van der Waals surface area contributed by atoms with Gasteiger partial charge in [0, 0.05) is 22.3 Å². The minimum Gasteiger partial charge on any atom is -0.319 e. The summed E-state index contributed by atoms with van der Waals surface area (Å²) in [6.07, 6.45) is 0.747. The Bertz CT molecular complexity index is 440. The second-order valence-corrected chi connectivity index (χ2v) is 7.40. The van der Waals surface area contributed by atoms with Crippen LogP contribution < -0.4 is 10.0 Å². The Morgan fingerprint density at radius 2 is 2.12 bits per heavy atom. The number of sulfonamides is 1. The van der Waals surface area contributed by atoms with E-state index in [9.17, 15) is 8.42 Å². The highest BCUT2D eigenvalue weighted by Crippen LogP contribution is 2.16. The van der Waals surface area contributed by atoms with Crippen molar-refractivity contribution in [3.63, 3.8) is 0 Å². The second-order valence-electron chi connectivity index (χ2n) is 4.16. The molecule has 1 aromatic rings. The SMILES string of the molecule is CNCCS(=O)(=O)NC(C)Cc1ccc(C)s1. The van der Waals surface area contributed by atoms with E-state index in [0.29, 0.717) is 6.54 Å². The largest absolute Gasteiger partial charge is 0.319 e. The summed E-state index contributed by atoms with van der Waals surface area (Å²) in [4.78, 5) is 2.47. The summed E-state index contributed by atoms with van der Waals surface area (Å²) in [5.74, 6) is 0.122. The zero-order valence-corrected chi connectivity index (χ0v) is 12.1. The van der Waals surface area contributed by atoms with Gasteiger partial charge >= 0.3 is 0 Å². The quantitative estimate of drug-likeness (QED) is 0.785. The van der Waals surface area contributed by atoms with Gasteiger partial charge in [0.1, 0.15) is 0 Å². The smallest absolute Gasteiger partial charge is 0.213 e. The van der Waals surface area contributed by atoms with Crippen LogP contribution in [0.25, 0.3) is 0 Å². The van der Waals surface area contributed by atoms with Crippen molar-refractivity contribution in [1.82, 2.24) is 10.0 Å². The molecule has 0 bridgehead atoms. The third-order valence-electron chi connectivity index (χ3n) is 2.30. The Morgan fingerprint density at radius 1 is 1.41 bits per heavy atom. The lowest BCUT2D eigenvalue weighted by molar-refractivity contribution is 0.558. The van der Waals surface area contributed by atoms with Crippen LogP contribution in [0.3, 0.4) is 0 Å². The predicted octanol–water partition coefficient (Wildman–Crippen LogP) is 1.13. The lowest BCUT2D eigenvalue weighted by Crippen LogP contribution is -2.37. The first-order valence-corrected chi connectivity index (χ1v) is 8.10. The van der Waals surface area contributed by atoms with Crippen LogP contribution in [0.5, 0.6) is 0 Å². The third kappa shape index (κ3) is 5.63. The van der Waals surface area contributed by atoms with E-state index in [-0.39, 0.29) is 11.8 Å². The van der Waals surface area contributed by atoms with E-state index in [4.69, 9.17) is 0 Å². The van der Waals surface area contributed by atoms with Gasteiger partial charge in [-0.05, 0) is 39.4 Å². The first-order chi connectivity index (χ1) is 7.93. The Morgan fingerprint density at radius 3 is 2.65 bits per heavy atom. The molecule has 17 heavy (non-hydrogen) atoms. The maximum absolute atomic E-state index is 11.6. The maximum atomic E-state index is 11.6. The molecule has 0 saturated carbocycles. The van der Waals surface area contributed by atoms with Crippen molar-refractivity contribution in [3.8, 4) is 0 Å². The molecule has 0 radical (unpaired) electrons. The molecule has 0 aliphatic heterocycles. The average Bonchev–Trinajstić information content (AvgIpc) is 2.60. The van der Waals surface area contributed by atoms with E-state index in [1.54, 1.807) is 18.4 Å². The van der Waals surface area contributed by atoms with Crippen LogP contribution in [0.4, 0.5) is 0 Å². The van der Waals surface area contributed by atoms with E-state index in [0.717, 1.165) is 6.42 Å². The standard InChI is InChI=1S/C11H20N2O2S2/c1-9(8-11-5-4-10(2)16-11)13-17(14,15)7-6-12-3/h4-5,9,12-13H,6-8H2,1-3H3. The lowest BCUT2D eigenvalue weighted by Gasteiger charge is -2.13. The Kier molecular flexibility index (Phi) is 5.58. The molecule has 2 N–H and O–H groups in total. The van der Waals surface area contributed by atoms with Crippen molar-refractivity contribution in [2.24, 2.45) is 0 Å². The lowest BCUT2D eigenvalue weighted by atomic mass is 10.2. The van der Waals surface area contributed by atoms with Gasteiger partial charge in [-0.3, -0.25) is 0 Å². The molecule has 1 heterocycles. The summed E-state index contributed by atoms with van der Waals surface area (Å²) in [6, 6.07) is 4.05. The molecule has 0 aliphatic rings. The molecule has 1 unspecified atom stereocenters. The maximum Gasteiger partial charge on any atom is 0.213 e.